The van der Waals surface area contributed by atoms with Crippen LogP contribution in [0.15, 0.2) is 48.5 Å². The van der Waals surface area contributed by atoms with Gasteiger partial charge in [0.1, 0.15) is 11.6 Å². The topological polar surface area (TPSA) is 30.3 Å². The van der Waals surface area contributed by atoms with E-state index >= 15 is 0 Å². The van der Waals surface area contributed by atoms with E-state index in [0.717, 1.165) is 49.8 Å². The first-order valence-corrected chi connectivity index (χ1v) is 11.0. The van der Waals surface area contributed by atoms with Crippen LogP contribution in [0.1, 0.15) is 50.4 Å². The van der Waals surface area contributed by atoms with Gasteiger partial charge < -0.3 is 9.30 Å². The molecular formula is C25H33N3O. The van der Waals surface area contributed by atoms with Crippen LogP contribution in [0.2, 0.25) is 0 Å². The van der Waals surface area contributed by atoms with E-state index in [1.165, 1.54) is 23.9 Å². The summed E-state index contributed by atoms with van der Waals surface area (Å²) in [6.45, 7) is 8.41. The van der Waals surface area contributed by atoms with Crippen molar-refractivity contribution >= 4 is 11.0 Å². The summed E-state index contributed by atoms with van der Waals surface area (Å²) in [7, 11) is 2.13. The number of fused-ring (bicyclic) bond motifs is 1. The average Bonchev–Trinajstić information content (AvgIpc) is 3.08. The van der Waals surface area contributed by atoms with Gasteiger partial charge in [0, 0.05) is 7.05 Å². The highest BCUT2D eigenvalue weighted by Crippen LogP contribution is 2.34. The van der Waals surface area contributed by atoms with Crippen LogP contribution in [0.5, 0.6) is 5.75 Å². The zero-order chi connectivity index (χ0) is 20.2. The number of rotatable bonds is 7. The van der Waals surface area contributed by atoms with Crippen molar-refractivity contribution in [2.45, 2.75) is 45.6 Å². The second-order valence-corrected chi connectivity index (χ2v) is 8.49. The molecule has 1 aliphatic heterocycles. The van der Waals surface area contributed by atoms with Crippen LogP contribution < -0.4 is 4.74 Å². The van der Waals surface area contributed by atoms with Gasteiger partial charge in [-0.3, -0.25) is 4.90 Å². The van der Waals surface area contributed by atoms with Crippen molar-refractivity contribution in [2.24, 2.45) is 13.0 Å². The van der Waals surface area contributed by atoms with Gasteiger partial charge in [-0.2, -0.15) is 0 Å². The third-order valence-corrected chi connectivity index (χ3v) is 6.41. The minimum Gasteiger partial charge on any atom is -0.493 e. The molecule has 1 fully saturated rings. The van der Waals surface area contributed by atoms with Crippen LogP contribution in [0.4, 0.5) is 0 Å². The second kappa shape index (κ2) is 9.00. The number of nitrogens with zero attached hydrogens (tertiary/aromatic N) is 3. The summed E-state index contributed by atoms with van der Waals surface area (Å²) < 4.78 is 8.42. The van der Waals surface area contributed by atoms with Crippen LogP contribution in [0.25, 0.3) is 11.0 Å². The van der Waals surface area contributed by atoms with Crippen molar-refractivity contribution in [1.29, 1.82) is 0 Å². The van der Waals surface area contributed by atoms with Crippen molar-refractivity contribution in [2.75, 3.05) is 19.7 Å². The van der Waals surface area contributed by atoms with Crippen molar-refractivity contribution in [1.82, 2.24) is 14.5 Å². The van der Waals surface area contributed by atoms with Crippen molar-refractivity contribution in [3.8, 4) is 5.75 Å². The second-order valence-electron chi connectivity index (χ2n) is 8.49. The molecule has 1 aromatic heterocycles. The maximum absolute atomic E-state index is 6.19. The fourth-order valence-electron chi connectivity index (χ4n) is 4.24. The Morgan fingerprint density at radius 1 is 1.07 bits per heavy atom. The van der Waals surface area contributed by atoms with Crippen LogP contribution in [0, 0.1) is 5.92 Å². The van der Waals surface area contributed by atoms with Crippen molar-refractivity contribution < 1.29 is 4.74 Å². The predicted molar refractivity (Wildman–Crippen MR) is 119 cm³/mol. The number of hydrogen-bond acceptors (Lipinski definition) is 3. The quantitative estimate of drug-likeness (QED) is 0.542. The molecule has 2 heterocycles. The summed E-state index contributed by atoms with van der Waals surface area (Å²) >= 11 is 0. The summed E-state index contributed by atoms with van der Waals surface area (Å²) in [5.41, 5.74) is 3.69. The highest BCUT2D eigenvalue weighted by molar-refractivity contribution is 5.75. The Kier molecular flexibility index (Phi) is 6.19. The molecule has 1 atom stereocenters. The first-order valence-electron chi connectivity index (χ1n) is 11.0. The summed E-state index contributed by atoms with van der Waals surface area (Å²) in [6.07, 6.45) is 3.50. The Hall–Kier alpha value is -2.33. The molecule has 0 bridgehead atoms. The lowest BCUT2D eigenvalue weighted by Crippen LogP contribution is -2.33. The zero-order valence-electron chi connectivity index (χ0n) is 18.0. The van der Waals surface area contributed by atoms with E-state index in [1.807, 2.05) is 0 Å². The maximum Gasteiger partial charge on any atom is 0.123 e. The molecule has 0 aliphatic carbocycles. The lowest BCUT2D eigenvalue weighted by molar-refractivity contribution is 0.195. The normalized spacial score (nSPS) is 16.9. The summed E-state index contributed by atoms with van der Waals surface area (Å²) in [6, 6.07) is 17.0. The fourth-order valence-corrected chi connectivity index (χ4v) is 4.24. The molecule has 2 aromatic carbocycles. The Morgan fingerprint density at radius 3 is 2.55 bits per heavy atom. The third-order valence-electron chi connectivity index (χ3n) is 6.41. The molecule has 1 saturated heterocycles. The van der Waals surface area contributed by atoms with Gasteiger partial charge >= 0.3 is 0 Å². The number of piperidine rings is 1. The first-order chi connectivity index (χ1) is 14.2. The third kappa shape index (κ3) is 4.48. The van der Waals surface area contributed by atoms with Crippen molar-refractivity contribution in [3.05, 3.63) is 59.9 Å². The molecule has 0 spiro atoms. The highest BCUT2D eigenvalue weighted by atomic mass is 16.5. The summed E-state index contributed by atoms with van der Waals surface area (Å²) in [5, 5.41) is 0. The monoisotopic (exact) mass is 391 g/mol. The smallest absolute Gasteiger partial charge is 0.123 e. The number of likely N-dealkylation sites (tertiary alicyclic amines) is 1. The molecule has 154 valence electrons. The lowest BCUT2D eigenvalue weighted by Gasteiger charge is -2.32. The van der Waals surface area contributed by atoms with Gasteiger partial charge in [0.05, 0.1) is 24.2 Å². The largest absolute Gasteiger partial charge is 0.493 e. The fraction of sp³-hybridized carbons (Fsp3) is 0.480. The molecule has 1 aliphatic rings. The SMILES string of the molecule is CC[C@H](C)COc1ccccc1C1CCN(Cc2nc3ccccc3n2C)CC1. The van der Waals surface area contributed by atoms with Gasteiger partial charge in [0.2, 0.25) is 0 Å². The van der Waals surface area contributed by atoms with Crippen LogP contribution in [-0.2, 0) is 13.6 Å². The molecule has 0 radical (unpaired) electrons. The average molecular weight is 392 g/mol. The van der Waals surface area contributed by atoms with E-state index in [9.17, 15) is 0 Å². The Bertz CT molecular complexity index is 940. The highest BCUT2D eigenvalue weighted by Gasteiger charge is 2.24. The molecule has 0 amide bonds. The van der Waals surface area contributed by atoms with Gasteiger partial charge in [-0.1, -0.05) is 50.6 Å². The Labute approximate surface area is 174 Å². The number of aryl methyl sites for hydroxylation is 1. The summed E-state index contributed by atoms with van der Waals surface area (Å²) in [5.74, 6) is 3.42. The van der Waals surface area contributed by atoms with E-state index in [4.69, 9.17) is 9.72 Å². The molecule has 4 rings (SSSR count). The molecule has 3 aromatic rings. The number of hydrogen-bond donors (Lipinski definition) is 0. The number of aromatic nitrogens is 2. The van der Waals surface area contributed by atoms with E-state index in [2.05, 4.69) is 78.9 Å². The van der Waals surface area contributed by atoms with E-state index < -0.39 is 0 Å². The first kappa shape index (κ1) is 20.0. The molecule has 4 nitrogen and oxygen atoms in total. The van der Waals surface area contributed by atoms with Crippen molar-refractivity contribution in [3.63, 3.8) is 0 Å². The zero-order valence-corrected chi connectivity index (χ0v) is 18.0. The van der Waals surface area contributed by atoms with Crippen LogP contribution >= 0.6 is 0 Å². The number of benzene rings is 2. The molecule has 0 unspecified atom stereocenters. The van der Waals surface area contributed by atoms with E-state index in [1.54, 1.807) is 0 Å². The Balaban J connectivity index is 1.39. The summed E-state index contributed by atoms with van der Waals surface area (Å²) in [4.78, 5) is 7.39. The minimum absolute atomic E-state index is 0.583. The molecule has 29 heavy (non-hydrogen) atoms. The number of para-hydroxylation sites is 3. The predicted octanol–water partition coefficient (Wildman–Crippen LogP) is 5.38. The molecular weight excluding hydrogens is 358 g/mol. The molecule has 0 N–H and O–H groups in total. The molecule has 0 saturated carbocycles. The number of ether oxygens (including phenoxy) is 1. The lowest BCUT2D eigenvalue weighted by atomic mass is 9.89. The van der Waals surface area contributed by atoms with Crippen LogP contribution in [0.3, 0.4) is 0 Å². The van der Waals surface area contributed by atoms with E-state index in [-0.39, 0.29) is 0 Å². The van der Waals surface area contributed by atoms with Crippen LogP contribution in [-0.4, -0.2) is 34.1 Å². The van der Waals surface area contributed by atoms with Gasteiger partial charge in [-0.05, 0) is 61.5 Å². The molecule has 4 heteroatoms. The van der Waals surface area contributed by atoms with E-state index in [0.29, 0.717) is 11.8 Å². The van der Waals surface area contributed by atoms with Gasteiger partial charge in [0.15, 0.2) is 0 Å². The maximum atomic E-state index is 6.19. The Morgan fingerprint density at radius 2 is 1.79 bits per heavy atom. The van der Waals surface area contributed by atoms with Gasteiger partial charge in [-0.15, -0.1) is 0 Å². The number of imidazole rings is 1. The van der Waals surface area contributed by atoms with Gasteiger partial charge in [0.25, 0.3) is 0 Å². The van der Waals surface area contributed by atoms with Gasteiger partial charge in [-0.25, -0.2) is 4.98 Å². The standard InChI is InChI=1S/C25H33N3O/c1-4-19(2)18-29-24-12-8-5-9-21(24)20-13-15-28(16-14-20)17-25-26-22-10-6-7-11-23(22)27(25)3/h5-12,19-20H,4,13-18H2,1-3H3/t19-/m0/s1. The minimum atomic E-state index is 0.583.